The zero-order chi connectivity index (χ0) is 9.54. The topological polar surface area (TPSA) is 12.0 Å². The van der Waals surface area contributed by atoms with E-state index in [-0.39, 0.29) is 0 Å². The monoisotopic (exact) mass is 205 g/mol. The lowest BCUT2D eigenvalue weighted by Crippen LogP contribution is -2.22. The Hall–Kier alpha value is -0.630. The average molecular weight is 205 g/mol. The van der Waals surface area contributed by atoms with Crippen molar-refractivity contribution in [1.82, 2.24) is 0 Å². The number of benzene rings is 1. The van der Waals surface area contributed by atoms with E-state index in [0.29, 0.717) is 6.04 Å². The van der Waals surface area contributed by atoms with Gasteiger partial charge in [0.25, 0.3) is 0 Å². The van der Waals surface area contributed by atoms with Crippen LogP contribution in [-0.4, -0.2) is 11.8 Å². The van der Waals surface area contributed by atoms with Crippen LogP contribution in [0.4, 0.5) is 5.69 Å². The molecule has 0 fully saturated rings. The summed E-state index contributed by atoms with van der Waals surface area (Å²) in [6.45, 7) is 2.27. The van der Waals surface area contributed by atoms with Gasteiger partial charge in [-0.1, -0.05) is 6.07 Å². The van der Waals surface area contributed by atoms with Crippen LogP contribution in [0.2, 0.25) is 0 Å². The number of nitrogens with one attached hydrogen (secondary N) is 1. The maximum Gasteiger partial charge on any atom is 0.0386 e. The minimum absolute atomic E-state index is 0.645. The van der Waals surface area contributed by atoms with Crippen LogP contribution in [0.1, 0.15) is 24.5 Å². The molecule has 1 aromatic carbocycles. The van der Waals surface area contributed by atoms with Crippen LogP contribution in [0, 0.1) is 0 Å². The molecule has 1 aromatic rings. The largest absolute Gasteiger partial charge is 0.382 e. The first-order valence-corrected chi connectivity index (χ1v) is 6.37. The lowest BCUT2D eigenvalue weighted by molar-refractivity contribution is 0.673. The molecule has 1 unspecified atom stereocenters. The molecule has 0 radical (unpaired) electrons. The number of fused-ring (bicyclic) bond motifs is 3. The van der Waals surface area contributed by atoms with Gasteiger partial charge in [0.2, 0.25) is 0 Å². The van der Waals surface area contributed by atoms with E-state index in [1.54, 1.807) is 16.0 Å². The van der Waals surface area contributed by atoms with E-state index in [1.165, 1.54) is 30.7 Å². The number of anilines is 1. The summed E-state index contributed by atoms with van der Waals surface area (Å²) < 4.78 is 0. The zero-order valence-electron chi connectivity index (χ0n) is 8.47. The molecule has 0 aromatic heterocycles. The first-order chi connectivity index (χ1) is 6.84. The Morgan fingerprint density at radius 2 is 2.29 bits per heavy atom. The molecule has 74 valence electrons. The molecule has 2 aliphatic rings. The van der Waals surface area contributed by atoms with Crippen molar-refractivity contribution in [3.8, 4) is 0 Å². The van der Waals surface area contributed by atoms with Gasteiger partial charge in [0.1, 0.15) is 0 Å². The third-order valence-electron chi connectivity index (χ3n) is 3.19. The van der Waals surface area contributed by atoms with Crippen molar-refractivity contribution in [1.29, 1.82) is 0 Å². The molecule has 0 saturated heterocycles. The lowest BCUT2D eigenvalue weighted by atomic mass is 9.96. The normalized spacial score (nSPS) is 23.9. The van der Waals surface area contributed by atoms with Crippen molar-refractivity contribution in [2.75, 3.05) is 11.1 Å². The van der Waals surface area contributed by atoms with Gasteiger partial charge in [0, 0.05) is 22.4 Å². The standard InChI is InChI=1S/C12H15NS/c1-8-2-4-10-11(13-8)5-3-9-6-7-14-12(9)10/h3,5,8,13H,2,4,6-7H2,1H3. The molecule has 0 aliphatic carbocycles. The maximum atomic E-state index is 3.58. The van der Waals surface area contributed by atoms with Crippen LogP contribution in [0.5, 0.6) is 0 Å². The quantitative estimate of drug-likeness (QED) is 0.698. The highest BCUT2D eigenvalue weighted by Gasteiger charge is 2.22. The summed E-state index contributed by atoms with van der Waals surface area (Å²) in [6.07, 6.45) is 3.81. The number of rotatable bonds is 0. The van der Waals surface area contributed by atoms with Gasteiger partial charge in [0.15, 0.2) is 0 Å². The summed E-state index contributed by atoms with van der Waals surface area (Å²) >= 11 is 2.04. The van der Waals surface area contributed by atoms with Gasteiger partial charge < -0.3 is 5.32 Å². The molecule has 2 heterocycles. The van der Waals surface area contributed by atoms with Crippen LogP contribution in [-0.2, 0) is 12.8 Å². The molecule has 1 atom stereocenters. The Balaban J connectivity index is 2.10. The molecule has 3 rings (SSSR count). The summed E-state index contributed by atoms with van der Waals surface area (Å²) in [5, 5.41) is 3.58. The smallest absolute Gasteiger partial charge is 0.0386 e. The molecule has 2 aliphatic heterocycles. The summed E-state index contributed by atoms with van der Waals surface area (Å²) in [5.74, 6) is 1.28. The van der Waals surface area contributed by atoms with E-state index >= 15 is 0 Å². The Labute approximate surface area is 89.3 Å². The van der Waals surface area contributed by atoms with Crippen molar-refractivity contribution in [2.24, 2.45) is 0 Å². The molecular weight excluding hydrogens is 190 g/mol. The third kappa shape index (κ3) is 1.24. The van der Waals surface area contributed by atoms with Gasteiger partial charge in [-0.3, -0.25) is 0 Å². The molecule has 0 amide bonds. The fourth-order valence-corrected chi connectivity index (χ4v) is 3.67. The second kappa shape index (κ2) is 3.20. The number of hydrogen-bond acceptors (Lipinski definition) is 2. The van der Waals surface area contributed by atoms with Crippen LogP contribution >= 0.6 is 11.8 Å². The van der Waals surface area contributed by atoms with Crippen molar-refractivity contribution in [3.63, 3.8) is 0 Å². The van der Waals surface area contributed by atoms with E-state index in [0.717, 1.165) is 0 Å². The highest BCUT2D eigenvalue weighted by molar-refractivity contribution is 7.99. The minimum Gasteiger partial charge on any atom is -0.382 e. The Morgan fingerprint density at radius 3 is 3.21 bits per heavy atom. The molecule has 1 nitrogen and oxygen atoms in total. The summed E-state index contributed by atoms with van der Waals surface area (Å²) in [5.41, 5.74) is 4.55. The summed E-state index contributed by atoms with van der Waals surface area (Å²) in [7, 11) is 0. The Morgan fingerprint density at radius 1 is 1.36 bits per heavy atom. The van der Waals surface area contributed by atoms with Crippen LogP contribution in [0.25, 0.3) is 0 Å². The fraction of sp³-hybridized carbons (Fsp3) is 0.500. The molecular formula is C12H15NS. The van der Waals surface area contributed by atoms with Crippen molar-refractivity contribution < 1.29 is 0 Å². The minimum atomic E-state index is 0.645. The van der Waals surface area contributed by atoms with Crippen LogP contribution in [0.3, 0.4) is 0 Å². The van der Waals surface area contributed by atoms with Crippen molar-refractivity contribution in [2.45, 2.75) is 37.1 Å². The van der Waals surface area contributed by atoms with Crippen LogP contribution < -0.4 is 5.32 Å². The highest BCUT2D eigenvalue weighted by Crippen LogP contribution is 2.40. The van der Waals surface area contributed by atoms with Crippen molar-refractivity contribution in [3.05, 3.63) is 23.3 Å². The lowest BCUT2D eigenvalue weighted by Gasteiger charge is -2.25. The van der Waals surface area contributed by atoms with E-state index in [1.807, 2.05) is 11.8 Å². The second-order valence-corrected chi connectivity index (χ2v) is 5.37. The maximum absolute atomic E-state index is 3.58. The van der Waals surface area contributed by atoms with Crippen LogP contribution in [0.15, 0.2) is 17.0 Å². The van der Waals surface area contributed by atoms with E-state index < -0.39 is 0 Å². The summed E-state index contributed by atoms with van der Waals surface area (Å²) in [6, 6.07) is 5.22. The summed E-state index contributed by atoms with van der Waals surface area (Å²) in [4.78, 5) is 1.59. The molecule has 2 heteroatoms. The van der Waals surface area contributed by atoms with E-state index in [2.05, 4.69) is 24.4 Å². The second-order valence-electron chi connectivity index (χ2n) is 4.26. The van der Waals surface area contributed by atoms with Gasteiger partial charge in [-0.25, -0.2) is 0 Å². The average Bonchev–Trinajstić information content (AvgIpc) is 2.65. The molecule has 0 saturated carbocycles. The highest BCUT2D eigenvalue weighted by atomic mass is 32.2. The molecule has 1 N–H and O–H groups in total. The van der Waals surface area contributed by atoms with E-state index in [4.69, 9.17) is 0 Å². The SMILES string of the molecule is CC1CCc2c(ccc3c2SCC3)N1. The number of hydrogen-bond donors (Lipinski definition) is 1. The van der Waals surface area contributed by atoms with Gasteiger partial charge >= 0.3 is 0 Å². The van der Waals surface area contributed by atoms with Gasteiger partial charge in [-0.05, 0) is 43.4 Å². The zero-order valence-corrected chi connectivity index (χ0v) is 9.29. The first-order valence-electron chi connectivity index (χ1n) is 5.38. The first kappa shape index (κ1) is 8.66. The number of aryl methyl sites for hydroxylation is 1. The molecule has 14 heavy (non-hydrogen) atoms. The van der Waals surface area contributed by atoms with E-state index in [9.17, 15) is 0 Å². The van der Waals surface area contributed by atoms with Crippen molar-refractivity contribution >= 4 is 17.4 Å². The predicted octanol–water partition coefficient (Wildman–Crippen LogP) is 3.08. The fourth-order valence-electron chi connectivity index (χ4n) is 2.40. The Bertz CT molecular complexity index is 373. The predicted molar refractivity (Wildman–Crippen MR) is 62.3 cm³/mol. The van der Waals surface area contributed by atoms with Gasteiger partial charge in [-0.15, -0.1) is 11.8 Å². The molecule has 0 bridgehead atoms. The third-order valence-corrected chi connectivity index (χ3v) is 4.39. The molecule has 0 spiro atoms. The van der Waals surface area contributed by atoms with Gasteiger partial charge in [0.05, 0.1) is 0 Å². The van der Waals surface area contributed by atoms with Gasteiger partial charge in [-0.2, -0.15) is 0 Å². The Kier molecular flexibility index (Phi) is 1.98. The number of thioether (sulfide) groups is 1.